The molecule has 0 amide bonds. The molecule has 16 heavy (non-hydrogen) atoms. The van der Waals surface area contributed by atoms with Crippen molar-refractivity contribution < 1.29 is 5.11 Å². The quantitative estimate of drug-likeness (QED) is 0.720. The molecule has 0 spiro atoms. The summed E-state index contributed by atoms with van der Waals surface area (Å²) in [4.78, 5) is 0. The number of aliphatic hydroxyl groups excluding tert-OH is 1. The number of nitrogens with one attached hydrogen (secondary N) is 1. The van der Waals surface area contributed by atoms with E-state index in [4.69, 9.17) is 5.11 Å². The van der Waals surface area contributed by atoms with Crippen LogP contribution in [0.5, 0.6) is 0 Å². The maximum atomic E-state index is 9.11. The number of rotatable bonds is 3. The first-order valence-electron chi connectivity index (χ1n) is 6.76. The molecule has 0 aromatic heterocycles. The fraction of sp³-hybridized carbons (Fsp3) is 0.857. The molecule has 0 bridgehead atoms. The normalized spacial score (nSPS) is 43.8. The van der Waals surface area contributed by atoms with E-state index < -0.39 is 0 Å². The molecule has 2 aliphatic carbocycles. The van der Waals surface area contributed by atoms with Gasteiger partial charge in [-0.3, -0.25) is 0 Å². The van der Waals surface area contributed by atoms with Crippen LogP contribution in [-0.2, 0) is 0 Å². The Kier molecular flexibility index (Phi) is 4.04. The Bertz CT molecular complexity index is 241. The molecule has 92 valence electrons. The van der Waals surface area contributed by atoms with Crippen molar-refractivity contribution in [1.82, 2.24) is 5.32 Å². The van der Waals surface area contributed by atoms with Crippen molar-refractivity contribution in [3.05, 3.63) is 12.2 Å². The third-order valence-corrected chi connectivity index (χ3v) is 4.36. The number of aliphatic hydroxyl groups is 1. The van der Waals surface area contributed by atoms with Gasteiger partial charge in [0.25, 0.3) is 0 Å². The molecular formula is C14H25NO. The average Bonchev–Trinajstić information content (AvgIpc) is 2.71. The molecule has 2 nitrogen and oxygen atoms in total. The van der Waals surface area contributed by atoms with Crippen LogP contribution in [0.2, 0.25) is 0 Å². The van der Waals surface area contributed by atoms with Gasteiger partial charge in [-0.25, -0.2) is 0 Å². The first-order valence-corrected chi connectivity index (χ1v) is 6.76. The monoisotopic (exact) mass is 223 g/mol. The third-order valence-electron chi connectivity index (χ3n) is 4.36. The topological polar surface area (TPSA) is 32.3 Å². The second-order valence-corrected chi connectivity index (χ2v) is 5.75. The van der Waals surface area contributed by atoms with Gasteiger partial charge >= 0.3 is 0 Å². The lowest BCUT2D eigenvalue weighted by atomic mass is 9.78. The molecule has 2 heteroatoms. The zero-order valence-corrected chi connectivity index (χ0v) is 10.5. The van der Waals surface area contributed by atoms with E-state index in [0.29, 0.717) is 24.6 Å². The van der Waals surface area contributed by atoms with E-state index in [-0.39, 0.29) is 0 Å². The van der Waals surface area contributed by atoms with Gasteiger partial charge in [0.05, 0.1) is 0 Å². The van der Waals surface area contributed by atoms with Gasteiger partial charge in [-0.05, 0) is 31.1 Å². The first-order chi connectivity index (χ1) is 7.70. The zero-order valence-electron chi connectivity index (χ0n) is 10.5. The minimum Gasteiger partial charge on any atom is -0.396 e. The molecule has 2 rings (SSSR count). The lowest BCUT2D eigenvalue weighted by Gasteiger charge is -2.37. The highest BCUT2D eigenvalue weighted by Crippen LogP contribution is 2.30. The smallest absolute Gasteiger partial charge is 0.0494 e. The van der Waals surface area contributed by atoms with E-state index in [9.17, 15) is 0 Å². The molecule has 2 unspecified atom stereocenters. The predicted molar refractivity (Wildman–Crippen MR) is 67.2 cm³/mol. The third kappa shape index (κ3) is 2.67. The Morgan fingerprint density at radius 2 is 1.88 bits per heavy atom. The molecule has 4 atom stereocenters. The van der Waals surface area contributed by atoms with Crippen molar-refractivity contribution >= 4 is 0 Å². The Hall–Kier alpha value is -0.340. The van der Waals surface area contributed by atoms with Crippen molar-refractivity contribution in [3.8, 4) is 0 Å². The molecule has 0 heterocycles. The second-order valence-electron chi connectivity index (χ2n) is 5.75. The molecule has 0 aromatic rings. The molecule has 0 aliphatic heterocycles. The number of hydrogen-bond acceptors (Lipinski definition) is 2. The van der Waals surface area contributed by atoms with E-state index in [1.165, 1.54) is 19.3 Å². The SMILES string of the molecule is CC1CCCC(C)C1N[C@@H]1C=C[C@H](CO)C1. The maximum Gasteiger partial charge on any atom is 0.0494 e. The lowest BCUT2D eigenvalue weighted by molar-refractivity contribution is 0.191. The van der Waals surface area contributed by atoms with Crippen molar-refractivity contribution in [1.29, 1.82) is 0 Å². The highest BCUT2D eigenvalue weighted by atomic mass is 16.3. The van der Waals surface area contributed by atoms with E-state index >= 15 is 0 Å². The summed E-state index contributed by atoms with van der Waals surface area (Å²) in [5, 5.41) is 12.9. The van der Waals surface area contributed by atoms with Crippen LogP contribution < -0.4 is 5.32 Å². The molecule has 1 fully saturated rings. The summed E-state index contributed by atoms with van der Waals surface area (Å²) in [7, 11) is 0. The predicted octanol–water partition coefficient (Wildman–Crippen LogP) is 2.34. The van der Waals surface area contributed by atoms with Crippen LogP contribution in [0.25, 0.3) is 0 Å². The van der Waals surface area contributed by atoms with Crippen molar-refractivity contribution in [2.24, 2.45) is 17.8 Å². The molecule has 0 aromatic carbocycles. The van der Waals surface area contributed by atoms with Crippen LogP contribution in [0.1, 0.15) is 39.5 Å². The van der Waals surface area contributed by atoms with Crippen molar-refractivity contribution in [3.63, 3.8) is 0 Å². The van der Waals surface area contributed by atoms with Crippen LogP contribution in [0.3, 0.4) is 0 Å². The summed E-state index contributed by atoms with van der Waals surface area (Å²) in [6, 6.07) is 1.16. The van der Waals surface area contributed by atoms with E-state index in [2.05, 4.69) is 31.3 Å². The van der Waals surface area contributed by atoms with Crippen LogP contribution in [0.15, 0.2) is 12.2 Å². The average molecular weight is 223 g/mol. The Morgan fingerprint density at radius 1 is 1.19 bits per heavy atom. The fourth-order valence-electron chi connectivity index (χ4n) is 3.29. The lowest BCUT2D eigenvalue weighted by Crippen LogP contribution is -2.46. The highest BCUT2D eigenvalue weighted by Gasteiger charge is 2.30. The van der Waals surface area contributed by atoms with Gasteiger partial charge in [0.2, 0.25) is 0 Å². The molecule has 0 saturated heterocycles. The van der Waals surface area contributed by atoms with Crippen LogP contribution in [0.4, 0.5) is 0 Å². The number of hydrogen-bond donors (Lipinski definition) is 2. The summed E-state index contributed by atoms with van der Waals surface area (Å²) in [5.74, 6) is 1.97. The Morgan fingerprint density at radius 3 is 2.44 bits per heavy atom. The molecule has 1 saturated carbocycles. The highest BCUT2D eigenvalue weighted by molar-refractivity contribution is 5.07. The standard InChI is InChI=1S/C14H25NO/c1-10-4-3-5-11(2)14(10)15-13-7-6-12(8-13)9-16/h6-7,10-16H,3-5,8-9H2,1-2H3/t10?,11?,12-,13+,14?/m0/s1. The fourth-order valence-corrected chi connectivity index (χ4v) is 3.29. The van der Waals surface area contributed by atoms with Crippen LogP contribution in [-0.4, -0.2) is 23.8 Å². The van der Waals surface area contributed by atoms with Crippen LogP contribution >= 0.6 is 0 Å². The molecule has 2 aliphatic rings. The summed E-state index contributed by atoms with van der Waals surface area (Å²) in [5.41, 5.74) is 0. The van der Waals surface area contributed by atoms with Crippen molar-refractivity contribution in [2.75, 3.05) is 6.61 Å². The van der Waals surface area contributed by atoms with Crippen LogP contribution in [0, 0.1) is 17.8 Å². The molecule has 2 N–H and O–H groups in total. The summed E-state index contributed by atoms with van der Waals surface area (Å²) in [6.45, 7) is 5.04. The van der Waals surface area contributed by atoms with Gasteiger partial charge in [-0.1, -0.05) is 32.4 Å². The largest absolute Gasteiger partial charge is 0.396 e. The van der Waals surface area contributed by atoms with Gasteiger partial charge in [0, 0.05) is 24.6 Å². The Labute approximate surface area is 99.1 Å². The van der Waals surface area contributed by atoms with Gasteiger partial charge in [-0.2, -0.15) is 0 Å². The van der Waals surface area contributed by atoms with Gasteiger partial charge in [0.15, 0.2) is 0 Å². The molecule has 0 radical (unpaired) electrons. The van der Waals surface area contributed by atoms with E-state index in [1.807, 2.05) is 0 Å². The summed E-state index contributed by atoms with van der Waals surface area (Å²) >= 11 is 0. The van der Waals surface area contributed by atoms with Gasteiger partial charge in [0.1, 0.15) is 0 Å². The van der Waals surface area contributed by atoms with E-state index in [1.54, 1.807) is 0 Å². The minimum absolute atomic E-state index is 0.296. The van der Waals surface area contributed by atoms with E-state index in [0.717, 1.165) is 18.3 Å². The second kappa shape index (κ2) is 5.33. The zero-order chi connectivity index (χ0) is 11.5. The summed E-state index contributed by atoms with van der Waals surface area (Å²) in [6.07, 6.45) is 9.60. The first kappa shape index (κ1) is 12.1. The Balaban J connectivity index is 1.86. The maximum absolute atomic E-state index is 9.11. The van der Waals surface area contributed by atoms with Crippen molar-refractivity contribution in [2.45, 2.75) is 51.6 Å². The van der Waals surface area contributed by atoms with Gasteiger partial charge < -0.3 is 10.4 Å². The molecular weight excluding hydrogens is 198 g/mol. The minimum atomic E-state index is 0.296. The summed E-state index contributed by atoms with van der Waals surface area (Å²) < 4.78 is 0. The van der Waals surface area contributed by atoms with Gasteiger partial charge in [-0.15, -0.1) is 0 Å².